The summed E-state index contributed by atoms with van der Waals surface area (Å²) in [5.74, 6) is 0.509. The first kappa shape index (κ1) is 19.6. The Labute approximate surface area is 167 Å². The first-order valence-corrected chi connectivity index (χ1v) is 9.60. The SMILES string of the molecule is CCOc1cc(C=O)ccc1OCC(=O)Nc1nc(-c2ccccc2)c(C)s1. The molecule has 0 radical (unpaired) electrons. The van der Waals surface area contributed by atoms with E-state index in [0.29, 0.717) is 28.8 Å². The second-order valence-electron chi connectivity index (χ2n) is 5.88. The molecule has 1 aromatic heterocycles. The number of nitrogens with one attached hydrogen (secondary N) is 1. The summed E-state index contributed by atoms with van der Waals surface area (Å²) in [5.41, 5.74) is 2.33. The number of anilines is 1. The molecule has 6 nitrogen and oxygen atoms in total. The zero-order valence-electron chi connectivity index (χ0n) is 15.6. The number of carbonyl (C=O) groups excluding carboxylic acids is 2. The normalized spacial score (nSPS) is 10.4. The summed E-state index contributed by atoms with van der Waals surface area (Å²) in [6.45, 7) is 4.03. The van der Waals surface area contributed by atoms with E-state index in [-0.39, 0.29) is 12.5 Å². The van der Waals surface area contributed by atoms with E-state index in [1.165, 1.54) is 11.3 Å². The lowest BCUT2D eigenvalue weighted by Gasteiger charge is -2.11. The van der Waals surface area contributed by atoms with E-state index in [4.69, 9.17) is 9.47 Å². The van der Waals surface area contributed by atoms with Crippen LogP contribution < -0.4 is 14.8 Å². The van der Waals surface area contributed by atoms with Gasteiger partial charge in [0.1, 0.15) is 6.29 Å². The van der Waals surface area contributed by atoms with E-state index in [1.807, 2.05) is 44.2 Å². The molecular formula is C21H20N2O4S. The van der Waals surface area contributed by atoms with Crippen molar-refractivity contribution in [3.63, 3.8) is 0 Å². The maximum absolute atomic E-state index is 12.3. The lowest BCUT2D eigenvalue weighted by atomic mass is 10.1. The molecule has 1 N–H and O–H groups in total. The van der Waals surface area contributed by atoms with E-state index < -0.39 is 0 Å². The van der Waals surface area contributed by atoms with Gasteiger partial charge in [-0.2, -0.15) is 0 Å². The van der Waals surface area contributed by atoms with Crippen molar-refractivity contribution in [2.24, 2.45) is 0 Å². The summed E-state index contributed by atoms with van der Waals surface area (Å²) in [4.78, 5) is 28.7. The van der Waals surface area contributed by atoms with Gasteiger partial charge in [-0.25, -0.2) is 4.98 Å². The lowest BCUT2D eigenvalue weighted by molar-refractivity contribution is -0.118. The van der Waals surface area contributed by atoms with Crippen LogP contribution in [0.2, 0.25) is 0 Å². The first-order chi connectivity index (χ1) is 13.6. The summed E-state index contributed by atoms with van der Waals surface area (Å²) in [5, 5.41) is 3.28. The van der Waals surface area contributed by atoms with E-state index in [9.17, 15) is 9.59 Å². The number of rotatable bonds is 8. The van der Waals surface area contributed by atoms with Crippen molar-refractivity contribution in [3.8, 4) is 22.8 Å². The molecule has 0 bridgehead atoms. The molecule has 0 unspecified atom stereocenters. The Hall–Kier alpha value is -3.19. The number of thiazole rings is 1. The minimum absolute atomic E-state index is 0.195. The van der Waals surface area contributed by atoms with Crippen molar-refractivity contribution >= 4 is 28.7 Å². The Balaban J connectivity index is 1.65. The smallest absolute Gasteiger partial charge is 0.264 e. The fourth-order valence-electron chi connectivity index (χ4n) is 2.60. The predicted octanol–water partition coefficient (Wildman–Crippen LogP) is 4.35. The summed E-state index contributed by atoms with van der Waals surface area (Å²) < 4.78 is 11.0. The van der Waals surface area contributed by atoms with Gasteiger partial charge < -0.3 is 9.47 Å². The number of hydrogen-bond donors (Lipinski definition) is 1. The van der Waals surface area contributed by atoms with Crippen LogP contribution in [0.15, 0.2) is 48.5 Å². The molecule has 1 amide bonds. The second-order valence-corrected chi connectivity index (χ2v) is 7.09. The zero-order valence-corrected chi connectivity index (χ0v) is 16.4. The van der Waals surface area contributed by atoms with Crippen LogP contribution in [-0.4, -0.2) is 30.4 Å². The highest BCUT2D eigenvalue weighted by atomic mass is 32.1. The number of hydrogen-bond acceptors (Lipinski definition) is 6. The van der Waals surface area contributed by atoms with Crippen molar-refractivity contribution < 1.29 is 19.1 Å². The number of aldehydes is 1. The molecule has 1 heterocycles. The molecule has 0 aliphatic rings. The molecule has 0 spiro atoms. The number of amides is 1. The van der Waals surface area contributed by atoms with Crippen molar-refractivity contribution in [2.75, 3.05) is 18.5 Å². The molecule has 2 aromatic carbocycles. The molecule has 0 saturated carbocycles. The third-order valence-electron chi connectivity index (χ3n) is 3.85. The van der Waals surface area contributed by atoms with Crippen LogP contribution in [0, 0.1) is 6.92 Å². The van der Waals surface area contributed by atoms with Crippen LogP contribution in [0.1, 0.15) is 22.2 Å². The molecule has 7 heteroatoms. The van der Waals surface area contributed by atoms with E-state index in [2.05, 4.69) is 10.3 Å². The quantitative estimate of drug-likeness (QED) is 0.573. The Kier molecular flexibility index (Phi) is 6.39. The standard InChI is InChI=1S/C21H20N2O4S/c1-3-26-18-11-15(12-24)9-10-17(18)27-13-19(25)22-21-23-20(14(2)28-21)16-7-5-4-6-8-16/h4-12H,3,13H2,1-2H3,(H,22,23,25). The Morgan fingerprint density at radius 1 is 1.14 bits per heavy atom. The van der Waals surface area contributed by atoms with Gasteiger partial charge in [0.25, 0.3) is 5.91 Å². The number of ether oxygens (including phenoxy) is 2. The molecule has 0 aliphatic carbocycles. The molecular weight excluding hydrogens is 376 g/mol. The van der Waals surface area contributed by atoms with Crippen LogP contribution in [0.5, 0.6) is 11.5 Å². The Bertz CT molecular complexity index is 970. The van der Waals surface area contributed by atoms with Crippen molar-refractivity contribution in [3.05, 3.63) is 59.0 Å². The van der Waals surface area contributed by atoms with Gasteiger partial charge in [0.05, 0.1) is 12.3 Å². The fraction of sp³-hybridized carbons (Fsp3) is 0.190. The molecule has 0 fully saturated rings. The molecule has 144 valence electrons. The summed E-state index contributed by atoms with van der Waals surface area (Å²) in [6, 6.07) is 14.6. The number of benzene rings is 2. The topological polar surface area (TPSA) is 77.5 Å². The van der Waals surface area contributed by atoms with Crippen LogP contribution >= 0.6 is 11.3 Å². The van der Waals surface area contributed by atoms with Crippen LogP contribution in [0.3, 0.4) is 0 Å². The predicted molar refractivity (Wildman–Crippen MR) is 109 cm³/mol. The minimum Gasteiger partial charge on any atom is -0.490 e. The van der Waals surface area contributed by atoms with Crippen LogP contribution in [0.4, 0.5) is 5.13 Å². The minimum atomic E-state index is -0.324. The Morgan fingerprint density at radius 3 is 2.64 bits per heavy atom. The van der Waals surface area contributed by atoms with Gasteiger partial charge in [-0.1, -0.05) is 30.3 Å². The maximum Gasteiger partial charge on any atom is 0.264 e. The number of nitrogens with zero attached hydrogens (tertiary/aromatic N) is 1. The third kappa shape index (κ3) is 4.75. The summed E-state index contributed by atoms with van der Waals surface area (Å²) >= 11 is 1.41. The van der Waals surface area contributed by atoms with Gasteiger partial charge >= 0.3 is 0 Å². The molecule has 0 atom stereocenters. The zero-order chi connectivity index (χ0) is 19.9. The van der Waals surface area contributed by atoms with E-state index >= 15 is 0 Å². The first-order valence-electron chi connectivity index (χ1n) is 8.78. The van der Waals surface area contributed by atoms with Gasteiger partial charge in [-0.3, -0.25) is 14.9 Å². The fourth-order valence-corrected chi connectivity index (χ4v) is 3.45. The number of aryl methyl sites for hydroxylation is 1. The van der Waals surface area contributed by atoms with Gasteiger partial charge in [-0.15, -0.1) is 11.3 Å². The van der Waals surface area contributed by atoms with E-state index in [1.54, 1.807) is 18.2 Å². The highest BCUT2D eigenvalue weighted by molar-refractivity contribution is 7.16. The lowest BCUT2D eigenvalue weighted by Crippen LogP contribution is -2.20. The van der Waals surface area contributed by atoms with E-state index in [0.717, 1.165) is 22.4 Å². The third-order valence-corrected chi connectivity index (χ3v) is 4.74. The molecule has 0 aliphatic heterocycles. The summed E-state index contributed by atoms with van der Waals surface area (Å²) in [7, 11) is 0. The number of carbonyl (C=O) groups is 2. The van der Waals surface area contributed by atoms with Crippen molar-refractivity contribution in [2.45, 2.75) is 13.8 Å². The Morgan fingerprint density at radius 2 is 1.93 bits per heavy atom. The second kappa shape index (κ2) is 9.14. The maximum atomic E-state index is 12.3. The summed E-state index contributed by atoms with van der Waals surface area (Å²) in [6.07, 6.45) is 0.730. The average molecular weight is 396 g/mol. The number of aromatic nitrogens is 1. The van der Waals surface area contributed by atoms with Gasteiger partial charge in [0.2, 0.25) is 0 Å². The van der Waals surface area contributed by atoms with Crippen LogP contribution in [0.25, 0.3) is 11.3 Å². The molecule has 28 heavy (non-hydrogen) atoms. The van der Waals surface area contributed by atoms with Crippen molar-refractivity contribution in [1.29, 1.82) is 0 Å². The van der Waals surface area contributed by atoms with Crippen molar-refractivity contribution in [1.82, 2.24) is 4.98 Å². The van der Waals surface area contributed by atoms with Gasteiger partial charge in [-0.05, 0) is 32.0 Å². The van der Waals surface area contributed by atoms with Crippen LogP contribution in [-0.2, 0) is 4.79 Å². The highest BCUT2D eigenvalue weighted by Crippen LogP contribution is 2.30. The molecule has 3 rings (SSSR count). The average Bonchev–Trinajstić information content (AvgIpc) is 3.07. The van der Waals surface area contributed by atoms with Gasteiger partial charge in [0.15, 0.2) is 23.2 Å². The van der Waals surface area contributed by atoms with Gasteiger partial charge in [0, 0.05) is 16.0 Å². The molecule has 0 saturated heterocycles. The largest absolute Gasteiger partial charge is 0.490 e. The highest BCUT2D eigenvalue weighted by Gasteiger charge is 2.13. The molecule has 3 aromatic rings. The monoisotopic (exact) mass is 396 g/mol.